The Balaban J connectivity index is 2.04. The number of carbonyl (C=O) groups excluding carboxylic acids is 1. The first-order valence-electron chi connectivity index (χ1n) is 5.29. The van der Waals surface area contributed by atoms with E-state index in [0.29, 0.717) is 12.3 Å². The third-order valence-corrected chi connectivity index (χ3v) is 2.84. The quantitative estimate of drug-likeness (QED) is 0.708. The first kappa shape index (κ1) is 10.3. The zero-order chi connectivity index (χ0) is 10.7. The van der Waals surface area contributed by atoms with Gasteiger partial charge in [-0.05, 0) is 30.9 Å². The molecule has 0 radical (unpaired) electrons. The maximum atomic E-state index is 11.9. The van der Waals surface area contributed by atoms with Crippen LogP contribution < -0.4 is 0 Å². The van der Waals surface area contributed by atoms with Crippen LogP contribution in [0.25, 0.3) is 0 Å². The molecule has 2 heterocycles. The standard InChI is InChI=1S/C12H15NO2/c1-9-2-4-13-7-11(9)12(14)6-10-3-5-15-8-10/h2,4,7,10H,3,5-6,8H2,1H3. The topological polar surface area (TPSA) is 39.2 Å². The summed E-state index contributed by atoms with van der Waals surface area (Å²) in [6.45, 7) is 3.47. The van der Waals surface area contributed by atoms with Gasteiger partial charge in [0.2, 0.25) is 0 Å². The van der Waals surface area contributed by atoms with Crippen LogP contribution in [0.15, 0.2) is 18.5 Å². The van der Waals surface area contributed by atoms with Crippen molar-refractivity contribution in [2.24, 2.45) is 5.92 Å². The SMILES string of the molecule is Cc1ccncc1C(=O)CC1CCOC1. The second-order valence-electron chi connectivity index (χ2n) is 4.05. The highest BCUT2D eigenvalue weighted by Crippen LogP contribution is 2.19. The van der Waals surface area contributed by atoms with Gasteiger partial charge in [-0.2, -0.15) is 0 Å². The molecule has 1 aliphatic heterocycles. The van der Waals surface area contributed by atoms with Crippen LogP contribution in [0.3, 0.4) is 0 Å². The fourth-order valence-electron chi connectivity index (χ4n) is 1.87. The summed E-state index contributed by atoms with van der Waals surface area (Å²) in [5.41, 5.74) is 1.76. The zero-order valence-electron chi connectivity index (χ0n) is 8.90. The molecule has 1 unspecified atom stereocenters. The summed E-state index contributed by atoms with van der Waals surface area (Å²) in [6, 6.07) is 1.87. The number of carbonyl (C=O) groups is 1. The Morgan fingerprint density at radius 3 is 3.20 bits per heavy atom. The Kier molecular flexibility index (Phi) is 3.11. The lowest BCUT2D eigenvalue weighted by atomic mass is 9.96. The van der Waals surface area contributed by atoms with Crippen molar-refractivity contribution in [3.05, 3.63) is 29.6 Å². The molecule has 1 aliphatic rings. The molecule has 15 heavy (non-hydrogen) atoms. The van der Waals surface area contributed by atoms with E-state index >= 15 is 0 Å². The van der Waals surface area contributed by atoms with Crippen LogP contribution in [0.2, 0.25) is 0 Å². The molecule has 0 amide bonds. The fraction of sp³-hybridized carbons (Fsp3) is 0.500. The van der Waals surface area contributed by atoms with Crippen molar-refractivity contribution in [3.63, 3.8) is 0 Å². The molecule has 1 atom stereocenters. The Morgan fingerprint density at radius 2 is 2.53 bits per heavy atom. The molecular formula is C12H15NO2. The lowest BCUT2D eigenvalue weighted by molar-refractivity contribution is 0.0952. The molecule has 2 rings (SSSR count). The number of hydrogen-bond donors (Lipinski definition) is 0. The Hall–Kier alpha value is -1.22. The van der Waals surface area contributed by atoms with E-state index in [9.17, 15) is 4.79 Å². The number of hydrogen-bond acceptors (Lipinski definition) is 3. The molecule has 0 aliphatic carbocycles. The van der Waals surface area contributed by atoms with E-state index in [1.54, 1.807) is 12.4 Å². The van der Waals surface area contributed by atoms with Gasteiger partial charge in [0.25, 0.3) is 0 Å². The van der Waals surface area contributed by atoms with Crippen LogP contribution in [-0.2, 0) is 4.74 Å². The number of pyridine rings is 1. The number of aryl methyl sites for hydroxylation is 1. The molecule has 0 spiro atoms. The van der Waals surface area contributed by atoms with Gasteiger partial charge in [-0.15, -0.1) is 0 Å². The Bertz CT molecular complexity index is 356. The maximum absolute atomic E-state index is 11.9. The van der Waals surface area contributed by atoms with Gasteiger partial charge in [-0.3, -0.25) is 9.78 Å². The summed E-state index contributed by atoms with van der Waals surface area (Å²) in [7, 11) is 0. The number of ketones is 1. The summed E-state index contributed by atoms with van der Waals surface area (Å²) < 4.78 is 5.26. The minimum atomic E-state index is 0.191. The van der Waals surface area contributed by atoms with Crippen LogP contribution >= 0.6 is 0 Å². The van der Waals surface area contributed by atoms with Gasteiger partial charge in [-0.1, -0.05) is 0 Å². The molecule has 80 valence electrons. The number of Topliss-reactive ketones (excluding diaryl/α,β-unsaturated/α-hetero) is 1. The van der Waals surface area contributed by atoms with Crippen molar-refractivity contribution in [1.82, 2.24) is 4.98 Å². The van der Waals surface area contributed by atoms with Crippen molar-refractivity contribution in [1.29, 1.82) is 0 Å². The number of nitrogens with zero attached hydrogens (tertiary/aromatic N) is 1. The minimum Gasteiger partial charge on any atom is -0.381 e. The molecule has 1 aromatic rings. The maximum Gasteiger partial charge on any atom is 0.165 e. The Morgan fingerprint density at radius 1 is 1.67 bits per heavy atom. The lowest BCUT2D eigenvalue weighted by Crippen LogP contribution is -2.10. The van der Waals surface area contributed by atoms with Crippen molar-refractivity contribution in [3.8, 4) is 0 Å². The fourth-order valence-corrected chi connectivity index (χ4v) is 1.87. The second kappa shape index (κ2) is 4.53. The molecule has 3 heteroatoms. The highest BCUT2D eigenvalue weighted by molar-refractivity contribution is 5.97. The molecule has 1 aromatic heterocycles. The van der Waals surface area contributed by atoms with E-state index in [1.807, 2.05) is 13.0 Å². The predicted molar refractivity (Wildman–Crippen MR) is 56.8 cm³/mol. The molecular weight excluding hydrogens is 190 g/mol. The summed E-state index contributed by atoms with van der Waals surface area (Å²) in [5, 5.41) is 0. The average molecular weight is 205 g/mol. The summed E-state index contributed by atoms with van der Waals surface area (Å²) in [5.74, 6) is 0.591. The molecule has 0 saturated carbocycles. The van der Waals surface area contributed by atoms with Gasteiger partial charge < -0.3 is 4.74 Å². The summed E-state index contributed by atoms with van der Waals surface area (Å²) in [6.07, 6.45) is 4.97. The smallest absolute Gasteiger partial charge is 0.165 e. The minimum absolute atomic E-state index is 0.191. The van der Waals surface area contributed by atoms with Crippen LogP contribution in [0, 0.1) is 12.8 Å². The summed E-state index contributed by atoms with van der Waals surface area (Å²) >= 11 is 0. The number of rotatable bonds is 3. The van der Waals surface area contributed by atoms with E-state index < -0.39 is 0 Å². The first-order chi connectivity index (χ1) is 7.27. The van der Waals surface area contributed by atoms with Crippen LogP contribution in [0.5, 0.6) is 0 Å². The largest absolute Gasteiger partial charge is 0.381 e. The first-order valence-corrected chi connectivity index (χ1v) is 5.29. The van der Waals surface area contributed by atoms with E-state index in [-0.39, 0.29) is 5.78 Å². The number of ether oxygens (including phenoxy) is 1. The number of aromatic nitrogens is 1. The van der Waals surface area contributed by atoms with E-state index in [0.717, 1.165) is 30.8 Å². The van der Waals surface area contributed by atoms with Crippen LogP contribution in [0.4, 0.5) is 0 Å². The molecule has 0 aromatic carbocycles. The third kappa shape index (κ3) is 2.42. The van der Waals surface area contributed by atoms with Gasteiger partial charge in [0.05, 0.1) is 0 Å². The monoisotopic (exact) mass is 205 g/mol. The van der Waals surface area contributed by atoms with Crippen LogP contribution in [0.1, 0.15) is 28.8 Å². The highest BCUT2D eigenvalue weighted by Gasteiger charge is 2.20. The lowest BCUT2D eigenvalue weighted by Gasteiger charge is -2.07. The van der Waals surface area contributed by atoms with Crippen LogP contribution in [-0.4, -0.2) is 24.0 Å². The van der Waals surface area contributed by atoms with Crippen molar-refractivity contribution in [2.45, 2.75) is 19.8 Å². The van der Waals surface area contributed by atoms with Crippen molar-refractivity contribution < 1.29 is 9.53 Å². The van der Waals surface area contributed by atoms with Crippen molar-refractivity contribution in [2.75, 3.05) is 13.2 Å². The summed E-state index contributed by atoms with van der Waals surface area (Å²) in [4.78, 5) is 15.9. The molecule has 0 N–H and O–H groups in total. The zero-order valence-corrected chi connectivity index (χ0v) is 8.90. The van der Waals surface area contributed by atoms with Gasteiger partial charge in [0.15, 0.2) is 5.78 Å². The molecule has 0 bridgehead atoms. The predicted octanol–water partition coefficient (Wildman–Crippen LogP) is 2.00. The van der Waals surface area contributed by atoms with E-state index in [2.05, 4.69) is 4.98 Å². The van der Waals surface area contributed by atoms with Gasteiger partial charge in [0.1, 0.15) is 0 Å². The normalized spacial score (nSPS) is 20.5. The van der Waals surface area contributed by atoms with E-state index in [4.69, 9.17) is 4.74 Å². The Labute approximate surface area is 89.5 Å². The highest BCUT2D eigenvalue weighted by atomic mass is 16.5. The average Bonchev–Trinajstić information content (AvgIpc) is 2.71. The van der Waals surface area contributed by atoms with Gasteiger partial charge >= 0.3 is 0 Å². The second-order valence-corrected chi connectivity index (χ2v) is 4.05. The third-order valence-electron chi connectivity index (χ3n) is 2.84. The van der Waals surface area contributed by atoms with Gasteiger partial charge in [-0.25, -0.2) is 0 Å². The van der Waals surface area contributed by atoms with Gasteiger partial charge in [0, 0.05) is 37.6 Å². The van der Waals surface area contributed by atoms with E-state index in [1.165, 1.54) is 0 Å². The molecule has 3 nitrogen and oxygen atoms in total. The molecule has 1 fully saturated rings. The van der Waals surface area contributed by atoms with Crippen molar-refractivity contribution >= 4 is 5.78 Å². The molecule has 1 saturated heterocycles.